The van der Waals surface area contributed by atoms with Gasteiger partial charge in [-0.1, -0.05) is 35.8 Å². The number of nitrogens with zero attached hydrogens (tertiary/aromatic N) is 1. The summed E-state index contributed by atoms with van der Waals surface area (Å²) in [5, 5.41) is 3.42. The van der Waals surface area contributed by atoms with Gasteiger partial charge in [0.25, 0.3) is 0 Å². The van der Waals surface area contributed by atoms with E-state index >= 15 is 0 Å². The molecule has 0 heterocycles. The van der Waals surface area contributed by atoms with Crippen LogP contribution in [0.15, 0.2) is 22.7 Å². The van der Waals surface area contributed by atoms with E-state index in [2.05, 4.69) is 65.2 Å². The molecule has 2 nitrogen and oxygen atoms in total. The van der Waals surface area contributed by atoms with Crippen molar-refractivity contribution in [3.05, 3.63) is 28.2 Å². The monoisotopic (exact) mass is 310 g/mol. The van der Waals surface area contributed by atoms with E-state index in [9.17, 15) is 0 Å². The van der Waals surface area contributed by atoms with Crippen molar-refractivity contribution in [2.24, 2.45) is 11.8 Å². The summed E-state index contributed by atoms with van der Waals surface area (Å²) >= 11 is 3.58. The molecule has 0 aliphatic heterocycles. The number of nitrogens with one attached hydrogen (secondary N) is 1. The lowest BCUT2D eigenvalue weighted by Crippen LogP contribution is -2.23. The number of hydrogen-bond donors (Lipinski definition) is 1. The Balaban J connectivity index is 2.09. The van der Waals surface area contributed by atoms with Crippen LogP contribution in [0.3, 0.4) is 0 Å². The molecule has 2 atom stereocenters. The highest BCUT2D eigenvalue weighted by Gasteiger charge is 2.33. The van der Waals surface area contributed by atoms with Gasteiger partial charge in [0.1, 0.15) is 0 Å². The summed E-state index contributed by atoms with van der Waals surface area (Å²) in [6.07, 6.45) is 1.39. The molecule has 3 heteroatoms. The smallest absolute Gasteiger partial charge is 0.0420 e. The zero-order valence-electron chi connectivity index (χ0n) is 11.5. The number of rotatable bonds is 6. The summed E-state index contributed by atoms with van der Waals surface area (Å²) < 4.78 is 1.16. The van der Waals surface area contributed by atoms with Crippen LogP contribution in [0.2, 0.25) is 0 Å². The van der Waals surface area contributed by atoms with Crippen LogP contribution in [0.25, 0.3) is 0 Å². The van der Waals surface area contributed by atoms with Crippen molar-refractivity contribution in [3.8, 4) is 0 Å². The first-order valence-electron chi connectivity index (χ1n) is 6.82. The van der Waals surface area contributed by atoms with Gasteiger partial charge in [-0.2, -0.15) is 0 Å². The fourth-order valence-corrected chi connectivity index (χ4v) is 2.75. The molecular formula is C15H23BrN2. The second-order valence-electron chi connectivity index (χ2n) is 5.41. The highest BCUT2D eigenvalue weighted by Crippen LogP contribution is 2.39. The standard InChI is InChI=1S/C15H23BrN2/c1-4-17-9-12-5-6-14(16)8-15(12)18(3)10-13-7-11(13)2/h5-6,8,11,13,17H,4,7,9-10H2,1-3H3. The molecule has 1 saturated carbocycles. The van der Waals surface area contributed by atoms with Gasteiger partial charge in [-0.3, -0.25) is 0 Å². The normalized spacial score (nSPS) is 22.0. The Morgan fingerprint density at radius 3 is 2.78 bits per heavy atom. The van der Waals surface area contributed by atoms with Crippen LogP contribution in [0.4, 0.5) is 5.69 Å². The maximum atomic E-state index is 3.58. The Labute approximate surface area is 119 Å². The van der Waals surface area contributed by atoms with Crippen molar-refractivity contribution in [1.29, 1.82) is 0 Å². The molecule has 1 aliphatic carbocycles. The van der Waals surface area contributed by atoms with E-state index in [0.29, 0.717) is 0 Å². The Morgan fingerprint density at radius 1 is 1.44 bits per heavy atom. The lowest BCUT2D eigenvalue weighted by Gasteiger charge is -2.23. The molecule has 0 spiro atoms. The van der Waals surface area contributed by atoms with Crippen LogP contribution in [0.5, 0.6) is 0 Å². The molecule has 0 aromatic heterocycles. The topological polar surface area (TPSA) is 15.3 Å². The number of benzene rings is 1. The van der Waals surface area contributed by atoms with Gasteiger partial charge in [0.15, 0.2) is 0 Å². The van der Waals surface area contributed by atoms with Gasteiger partial charge < -0.3 is 10.2 Å². The lowest BCUT2D eigenvalue weighted by atomic mass is 10.1. The quantitative estimate of drug-likeness (QED) is 0.863. The molecular weight excluding hydrogens is 288 g/mol. The molecule has 2 unspecified atom stereocenters. The van der Waals surface area contributed by atoms with E-state index < -0.39 is 0 Å². The second kappa shape index (κ2) is 6.07. The minimum absolute atomic E-state index is 0.890. The summed E-state index contributed by atoms with van der Waals surface area (Å²) in [4.78, 5) is 2.41. The van der Waals surface area contributed by atoms with Gasteiger partial charge in [-0.15, -0.1) is 0 Å². The van der Waals surface area contributed by atoms with Crippen molar-refractivity contribution in [1.82, 2.24) is 5.32 Å². The first kappa shape index (κ1) is 13.9. The third-order valence-corrected chi connectivity index (χ3v) is 4.30. The van der Waals surface area contributed by atoms with Crippen molar-refractivity contribution in [2.75, 3.05) is 25.0 Å². The minimum atomic E-state index is 0.890. The Bertz CT molecular complexity index is 405. The van der Waals surface area contributed by atoms with Crippen molar-refractivity contribution in [3.63, 3.8) is 0 Å². The predicted molar refractivity (Wildman–Crippen MR) is 82.1 cm³/mol. The summed E-state index contributed by atoms with van der Waals surface area (Å²) in [5.74, 6) is 1.80. The maximum Gasteiger partial charge on any atom is 0.0420 e. The van der Waals surface area contributed by atoms with Crippen LogP contribution in [-0.4, -0.2) is 20.1 Å². The zero-order valence-corrected chi connectivity index (χ0v) is 13.1. The van der Waals surface area contributed by atoms with E-state index in [4.69, 9.17) is 0 Å². The van der Waals surface area contributed by atoms with Gasteiger partial charge in [0, 0.05) is 30.3 Å². The molecule has 1 aliphatic rings. The largest absolute Gasteiger partial charge is 0.374 e. The minimum Gasteiger partial charge on any atom is -0.374 e. The van der Waals surface area contributed by atoms with Crippen LogP contribution in [0, 0.1) is 11.8 Å². The van der Waals surface area contributed by atoms with Crippen LogP contribution in [-0.2, 0) is 6.54 Å². The molecule has 1 N–H and O–H groups in total. The van der Waals surface area contributed by atoms with Crippen LogP contribution >= 0.6 is 15.9 Å². The Hall–Kier alpha value is -0.540. The van der Waals surface area contributed by atoms with Gasteiger partial charge in [0.2, 0.25) is 0 Å². The molecule has 0 amide bonds. The number of anilines is 1. The molecule has 1 fully saturated rings. The van der Waals surface area contributed by atoms with Crippen molar-refractivity contribution >= 4 is 21.6 Å². The summed E-state index contributed by atoms with van der Waals surface area (Å²) in [6.45, 7) is 7.63. The van der Waals surface area contributed by atoms with E-state index in [0.717, 1.165) is 29.4 Å². The molecule has 1 aromatic rings. The Kier molecular flexibility index (Phi) is 4.68. The van der Waals surface area contributed by atoms with Gasteiger partial charge in [-0.25, -0.2) is 0 Å². The van der Waals surface area contributed by atoms with Crippen LogP contribution < -0.4 is 10.2 Å². The third kappa shape index (κ3) is 3.48. The summed E-state index contributed by atoms with van der Waals surface area (Å²) in [5.41, 5.74) is 2.74. The van der Waals surface area contributed by atoms with E-state index in [1.165, 1.54) is 24.2 Å². The average Bonchev–Trinajstić information content (AvgIpc) is 3.03. The SMILES string of the molecule is CCNCc1ccc(Br)cc1N(C)CC1CC1C. The summed E-state index contributed by atoms with van der Waals surface area (Å²) in [7, 11) is 2.21. The zero-order chi connectivity index (χ0) is 13.1. The Morgan fingerprint density at radius 2 is 2.17 bits per heavy atom. The third-order valence-electron chi connectivity index (χ3n) is 3.81. The van der Waals surface area contributed by atoms with Gasteiger partial charge in [-0.05, 0) is 42.5 Å². The molecule has 0 saturated heterocycles. The number of halogens is 1. The van der Waals surface area contributed by atoms with E-state index in [-0.39, 0.29) is 0 Å². The molecule has 0 bridgehead atoms. The first-order chi connectivity index (χ1) is 8.61. The molecule has 1 aromatic carbocycles. The van der Waals surface area contributed by atoms with Gasteiger partial charge in [0.05, 0.1) is 0 Å². The average molecular weight is 311 g/mol. The van der Waals surface area contributed by atoms with E-state index in [1.807, 2.05) is 0 Å². The molecule has 18 heavy (non-hydrogen) atoms. The van der Waals surface area contributed by atoms with Crippen molar-refractivity contribution in [2.45, 2.75) is 26.8 Å². The molecule has 100 valence electrons. The van der Waals surface area contributed by atoms with Crippen LogP contribution in [0.1, 0.15) is 25.8 Å². The first-order valence-corrected chi connectivity index (χ1v) is 7.61. The number of hydrogen-bond acceptors (Lipinski definition) is 2. The second-order valence-corrected chi connectivity index (χ2v) is 6.32. The summed E-state index contributed by atoms with van der Waals surface area (Å²) in [6, 6.07) is 6.58. The predicted octanol–water partition coefficient (Wildman–Crippen LogP) is 3.65. The maximum absolute atomic E-state index is 3.58. The molecule has 0 radical (unpaired) electrons. The lowest BCUT2D eigenvalue weighted by molar-refractivity contribution is 0.704. The van der Waals surface area contributed by atoms with Gasteiger partial charge >= 0.3 is 0 Å². The highest BCUT2D eigenvalue weighted by molar-refractivity contribution is 9.10. The van der Waals surface area contributed by atoms with E-state index in [1.54, 1.807) is 0 Å². The van der Waals surface area contributed by atoms with Crippen molar-refractivity contribution < 1.29 is 0 Å². The fraction of sp³-hybridized carbons (Fsp3) is 0.600. The fourth-order valence-electron chi connectivity index (χ4n) is 2.41. The highest BCUT2D eigenvalue weighted by atomic mass is 79.9. The molecule has 2 rings (SSSR count).